The topological polar surface area (TPSA) is 119 Å². The van der Waals surface area contributed by atoms with Gasteiger partial charge in [-0.25, -0.2) is 27.8 Å². The number of piperidine rings is 1. The van der Waals surface area contributed by atoms with Gasteiger partial charge in [0.05, 0.1) is 18.0 Å². The highest BCUT2D eigenvalue weighted by atomic mass is 19.2. The number of nitrogen functional groups attached to an aromatic ring is 1. The van der Waals surface area contributed by atoms with E-state index < -0.39 is 35.6 Å². The first-order valence-corrected chi connectivity index (χ1v) is 11.9. The Kier molecular flexibility index (Phi) is 6.91. The molecule has 0 saturated carbocycles. The average Bonchev–Trinajstić information content (AvgIpc) is 3.31. The highest BCUT2D eigenvalue weighted by Gasteiger charge is 2.30. The first-order chi connectivity index (χ1) is 18.7. The number of carbonyl (C=O) groups is 1. The van der Waals surface area contributed by atoms with Crippen LogP contribution in [0, 0.1) is 23.3 Å². The molecular formula is C26H22F4N6O3. The summed E-state index contributed by atoms with van der Waals surface area (Å²) in [6, 6.07) is 4.18. The van der Waals surface area contributed by atoms with Crippen molar-refractivity contribution in [3.63, 3.8) is 0 Å². The Hall–Kier alpha value is -4.52. The zero-order valence-corrected chi connectivity index (χ0v) is 20.4. The number of aliphatic hydroxyl groups is 1. The van der Waals surface area contributed by atoms with Gasteiger partial charge in [0.2, 0.25) is 5.82 Å². The van der Waals surface area contributed by atoms with E-state index in [0.717, 1.165) is 6.07 Å². The molecular weight excluding hydrogens is 520 g/mol. The van der Waals surface area contributed by atoms with Gasteiger partial charge in [-0.15, -0.1) is 0 Å². The van der Waals surface area contributed by atoms with E-state index in [-0.39, 0.29) is 52.3 Å². The SMILES string of the molecule is C=C(CO)C(=O)N1CCCC(n2nc(-c3ccc(Oc4cc(F)cc(F)c4F)cc3F)c3c(N)ncnc32)C1. The molecule has 0 bridgehead atoms. The summed E-state index contributed by atoms with van der Waals surface area (Å²) < 4.78 is 63.2. The molecule has 0 radical (unpaired) electrons. The van der Waals surface area contributed by atoms with Crippen LogP contribution in [0.3, 0.4) is 0 Å². The number of ether oxygens (including phenoxy) is 1. The normalized spacial score (nSPS) is 15.5. The number of nitrogens with zero attached hydrogens (tertiary/aromatic N) is 5. The fourth-order valence-electron chi connectivity index (χ4n) is 4.55. The first-order valence-electron chi connectivity index (χ1n) is 11.9. The molecule has 1 aliphatic rings. The lowest BCUT2D eigenvalue weighted by molar-refractivity contribution is -0.129. The van der Waals surface area contributed by atoms with Gasteiger partial charge < -0.3 is 20.5 Å². The molecule has 5 rings (SSSR count). The van der Waals surface area contributed by atoms with E-state index in [1.165, 1.54) is 18.5 Å². The number of aromatic nitrogens is 4. The summed E-state index contributed by atoms with van der Waals surface area (Å²) in [6.07, 6.45) is 2.53. The summed E-state index contributed by atoms with van der Waals surface area (Å²) >= 11 is 0. The molecule has 2 aromatic carbocycles. The molecule has 1 fully saturated rings. The molecule has 1 saturated heterocycles. The molecule has 13 heteroatoms. The average molecular weight is 542 g/mol. The van der Waals surface area contributed by atoms with Crippen LogP contribution in [0.4, 0.5) is 23.4 Å². The van der Waals surface area contributed by atoms with Crippen molar-refractivity contribution in [3.05, 3.63) is 72.1 Å². The molecule has 3 heterocycles. The van der Waals surface area contributed by atoms with E-state index >= 15 is 4.39 Å². The predicted octanol–water partition coefficient (Wildman–Crippen LogP) is 4.14. The van der Waals surface area contributed by atoms with E-state index in [9.17, 15) is 23.1 Å². The summed E-state index contributed by atoms with van der Waals surface area (Å²) in [4.78, 5) is 22.5. The fraction of sp³-hybridized carbons (Fsp3) is 0.231. The number of fused-ring (bicyclic) bond motifs is 1. The third-order valence-electron chi connectivity index (χ3n) is 6.42. The summed E-state index contributed by atoms with van der Waals surface area (Å²) in [7, 11) is 0. The van der Waals surface area contributed by atoms with E-state index in [4.69, 9.17) is 10.5 Å². The number of likely N-dealkylation sites (tertiary alicyclic amines) is 1. The lowest BCUT2D eigenvalue weighted by Gasteiger charge is -2.33. The Morgan fingerprint density at radius 2 is 1.95 bits per heavy atom. The minimum absolute atomic E-state index is 0.00380. The molecule has 3 N–H and O–H groups in total. The van der Waals surface area contributed by atoms with Gasteiger partial charge in [-0.2, -0.15) is 9.49 Å². The van der Waals surface area contributed by atoms with Crippen LogP contribution < -0.4 is 10.5 Å². The molecule has 1 unspecified atom stereocenters. The van der Waals surface area contributed by atoms with E-state index in [1.807, 2.05) is 0 Å². The van der Waals surface area contributed by atoms with Crippen molar-refractivity contribution in [3.8, 4) is 22.8 Å². The van der Waals surface area contributed by atoms with Crippen molar-refractivity contribution >= 4 is 22.8 Å². The zero-order valence-electron chi connectivity index (χ0n) is 20.4. The van der Waals surface area contributed by atoms with Crippen LogP contribution >= 0.6 is 0 Å². The Morgan fingerprint density at radius 1 is 1.15 bits per heavy atom. The van der Waals surface area contributed by atoms with Crippen LogP contribution in [0.2, 0.25) is 0 Å². The van der Waals surface area contributed by atoms with E-state index in [0.29, 0.717) is 37.2 Å². The number of hydrogen-bond donors (Lipinski definition) is 2. The minimum Gasteiger partial charge on any atom is -0.454 e. The van der Waals surface area contributed by atoms with Crippen LogP contribution in [0.1, 0.15) is 18.9 Å². The maximum atomic E-state index is 15.4. The molecule has 39 heavy (non-hydrogen) atoms. The third-order valence-corrected chi connectivity index (χ3v) is 6.42. The second kappa shape index (κ2) is 10.3. The third kappa shape index (κ3) is 4.88. The van der Waals surface area contributed by atoms with Crippen molar-refractivity contribution < 1.29 is 32.2 Å². The lowest BCUT2D eigenvalue weighted by Crippen LogP contribution is -2.42. The number of rotatable bonds is 6. The number of halogens is 4. The smallest absolute Gasteiger partial charge is 0.251 e. The Morgan fingerprint density at radius 3 is 2.69 bits per heavy atom. The van der Waals surface area contributed by atoms with E-state index in [1.54, 1.807) is 9.58 Å². The van der Waals surface area contributed by atoms with Gasteiger partial charge in [0.1, 0.15) is 35.2 Å². The second-order valence-electron chi connectivity index (χ2n) is 9.00. The van der Waals surface area contributed by atoms with Gasteiger partial charge in [0, 0.05) is 42.4 Å². The highest BCUT2D eigenvalue weighted by Crippen LogP contribution is 2.37. The molecule has 202 valence electrons. The number of amides is 1. The summed E-state index contributed by atoms with van der Waals surface area (Å²) in [5.74, 6) is -6.03. The lowest BCUT2D eigenvalue weighted by atomic mass is 10.0. The van der Waals surface area contributed by atoms with E-state index in [2.05, 4.69) is 21.6 Å². The van der Waals surface area contributed by atoms with Gasteiger partial charge in [-0.1, -0.05) is 6.58 Å². The number of hydrogen-bond acceptors (Lipinski definition) is 7. The molecule has 1 amide bonds. The molecule has 1 aliphatic heterocycles. The summed E-state index contributed by atoms with van der Waals surface area (Å²) in [5.41, 5.74) is 6.65. The van der Waals surface area contributed by atoms with Gasteiger partial charge in [-0.05, 0) is 25.0 Å². The largest absolute Gasteiger partial charge is 0.454 e. The van der Waals surface area contributed by atoms with Crippen molar-refractivity contribution in [2.24, 2.45) is 0 Å². The molecule has 0 aliphatic carbocycles. The van der Waals surface area contributed by atoms with Crippen molar-refractivity contribution in [2.75, 3.05) is 25.4 Å². The van der Waals surface area contributed by atoms with Gasteiger partial charge in [0.25, 0.3) is 5.91 Å². The van der Waals surface area contributed by atoms with Crippen molar-refractivity contribution in [1.29, 1.82) is 0 Å². The van der Waals surface area contributed by atoms with Crippen LogP contribution in [0.5, 0.6) is 11.5 Å². The number of anilines is 1. The van der Waals surface area contributed by atoms with Crippen LogP contribution in [-0.4, -0.2) is 55.4 Å². The predicted molar refractivity (Wildman–Crippen MR) is 133 cm³/mol. The standard InChI is InChI=1S/C26H22F4N6O3/c1-13(11-37)26(38)35-6-2-3-15(10-35)36-25-21(24(31)32-12-33-25)23(34-36)17-5-4-16(9-18(17)28)39-20-8-14(27)7-19(29)22(20)30/h4-5,7-9,12,15,37H,1-3,6,10-11H2,(H2,31,32,33). The Labute approximate surface area is 219 Å². The molecule has 1 atom stereocenters. The van der Waals surface area contributed by atoms with Gasteiger partial charge in [-0.3, -0.25) is 4.79 Å². The Balaban J connectivity index is 1.51. The van der Waals surface area contributed by atoms with Crippen LogP contribution in [-0.2, 0) is 4.79 Å². The monoisotopic (exact) mass is 542 g/mol. The summed E-state index contributed by atoms with van der Waals surface area (Å²) in [5, 5.41) is 14.2. The number of aliphatic hydroxyl groups excluding tert-OH is 1. The van der Waals surface area contributed by atoms with Gasteiger partial charge >= 0.3 is 0 Å². The van der Waals surface area contributed by atoms with Gasteiger partial charge in [0.15, 0.2) is 17.2 Å². The summed E-state index contributed by atoms with van der Waals surface area (Å²) in [6.45, 7) is 3.87. The number of benzene rings is 2. The molecule has 2 aromatic heterocycles. The fourth-order valence-corrected chi connectivity index (χ4v) is 4.55. The zero-order chi connectivity index (χ0) is 27.8. The van der Waals surface area contributed by atoms with Crippen molar-refractivity contribution in [2.45, 2.75) is 18.9 Å². The maximum Gasteiger partial charge on any atom is 0.251 e. The van der Waals surface area contributed by atoms with Crippen LogP contribution in [0.15, 0.2) is 48.8 Å². The minimum atomic E-state index is -1.45. The molecule has 9 nitrogen and oxygen atoms in total. The molecule has 4 aromatic rings. The number of carbonyl (C=O) groups excluding carboxylic acids is 1. The van der Waals surface area contributed by atoms with Crippen molar-refractivity contribution in [1.82, 2.24) is 24.6 Å². The van der Waals surface area contributed by atoms with Crippen LogP contribution in [0.25, 0.3) is 22.3 Å². The second-order valence-corrected chi connectivity index (χ2v) is 9.00. The number of nitrogens with two attached hydrogens (primary N) is 1. The first kappa shape index (κ1) is 26.1. The quantitative estimate of drug-likeness (QED) is 0.214. The highest BCUT2D eigenvalue weighted by molar-refractivity contribution is 5.98. The molecule has 0 spiro atoms. The maximum absolute atomic E-state index is 15.4. The Bertz CT molecular complexity index is 1610.